The zero-order valence-electron chi connectivity index (χ0n) is 34.3. The van der Waals surface area contributed by atoms with Crippen molar-refractivity contribution in [3.63, 3.8) is 0 Å². The van der Waals surface area contributed by atoms with Gasteiger partial charge in [0.1, 0.15) is 61.2 Å². The minimum atomic E-state index is -1.63. The van der Waals surface area contributed by atoms with Crippen LogP contribution in [0.2, 0.25) is 0 Å². The highest BCUT2D eigenvalue weighted by molar-refractivity contribution is 5.65. The average molecular weight is 813 g/mol. The summed E-state index contributed by atoms with van der Waals surface area (Å²) in [6, 6.07) is 0. The normalized spacial score (nSPS) is 49.7. The highest BCUT2D eigenvalue weighted by Gasteiger charge is 2.71. The summed E-state index contributed by atoms with van der Waals surface area (Å²) in [7, 11) is 0. The third kappa shape index (κ3) is 7.22. The van der Waals surface area contributed by atoms with Crippen LogP contribution in [0.25, 0.3) is 0 Å². The molecule has 0 spiro atoms. The highest BCUT2D eigenvalue weighted by Crippen LogP contribution is 2.74. The van der Waals surface area contributed by atoms with Gasteiger partial charge < -0.3 is 74.8 Å². The lowest BCUT2D eigenvalue weighted by atomic mass is 9.38. The number of rotatable bonds is 11. The lowest BCUT2D eigenvalue weighted by molar-refractivity contribution is -0.320. The molecule has 15 heteroatoms. The number of ether oxygens (including phenoxy) is 4. The van der Waals surface area contributed by atoms with Crippen LogP contribution in [0, 0.1) is 45.3 Å². The van der Waals surface area contributed by atoms with E-state index in [1.165, 1.54) is 0 Å². The van der Waals surface area contributed by atoms with Crippen LogP contribution in [0.5, 0.6) is 0 Å². The second-order valence-electron chi connectivity index (χ2n) is 19.4. The average Bonchev–Trinajstić information content (AvgIpc) is 3.45. The molecule has 6 aliphatic rings. The van der Waals surface area contributed by atoms with E-state index in [1.54, 1.807) is 6.08 Å². The Morgan fingerprint density at radius 1 is 0.807 bits per heavy atom. The Hall–Kier alpha value is -1.41. The molecule has 10 N–H and O–H groups in total. The summed E-state index contributed by atoms with van der Waals surface area (Å²) in [5.41, 5.74) is -0.853. The van der Waals surface area contributed by atoms with Crippen LogP contribution in [0.3, 0.4) is 0 Å². The van der Waals surface area contributed by atoms with Crippen molar-refractivity contribution in [2.24, 2.45) is 45.3 Å². The summed E-state index contributed by atoms with van der Waals surface area (Å²) < 4.78 is 23.8. The fourth-order valence-corrected chi connectivity index (χ4v) is 12.5. The van der Waals surface area contributed by atoms with E-state index in [0.29, 0.717) is 38.5 Å². The predicted octanol–water partition coefficient (Wildman–Crippen LogP) is 0.0748. The van der Waals surface area contributed by atoms with E-state index in [0.717, 1.165) is 17.4 Å². The lowest BCUT2D eigenvalue weighted by Gasteiger charge is -2.66. The number of hydrogen-bond donors (Lipinski definition) is 10. The van der Waals surface area contributed by atoms with E-state index in [1.807, 2.05) is 40.7 Å². The summed E-state index contributed by atoms with van der Waals surface area (Å²) in [6.45, 7) is 12.8. The molecule has 0 aromatic rings. The molecule has 2 unspecified atom stereocenters. The first-order chi connectivity index (χ1) is 26.6. The van der Waals surface area contributed by atoms with E-state index < -0.39 is 127 Å². The topological polar surface area (TPSA) is 256 Å². The third-order valence-corrected chi connectivity index (χ3v) is 15.9. The molecule has 57 heavy (non-hydrogen) atoms. The molecule has 21 atom stereocenters. The zero-order valence-corrected chi connectivity index (χ0v) is 34.3. The zero-order chi connectivity index (χ0) is 42.2. The monoisotopic (exact) mass is 812 g/mol. The standard InChI is InChI=1S/C42H68O15/c1-19(2)14-25(54-37-34(52)32(50)30(48)26(16-43)55-37)29(47)20(3)21-10-11-41(7)36-24(46)15-23-22(42(36,18-45)13-12-40(21,41)6)8-9-28(39(23,4)5)57-38-35(53)33(51)31(49)27(17-44)56-38/h14-15,18,20-22,24-38,43-44,46-53H,8-13,16-17H2,1-7H3/t20-,21+,22?,24-,25-,26+,27+,28-,29-,30+,31+,32+,33-,34+,35+,36?,37+,38-,40+,41-,42+/m0/s1. The number of fused-ring (bicyclic) bond motifs is 5. The summed E-state index contributed by atoms with van der Waals surface area (Å²) in [5, 5.41) is 107. The first-order valence-corrected chi connectivity index (χ1v) is 20.8. The van der Waals surface area contributed by atoms with Crippen molar-refractivity contribution in [2.75, 3.05) is 13.2 Å². The van der Waals surface area contributed by atoms with E-state index in [-0.39, 0.29) is 17.8 Å². The fraction of sp³-hybridized carbons (Fsp3) is 0.881. The van der Waals surface area contributed by atoms with Crippen LogP contribution < -0.4 is 0 Å². The van der Waals surface area contributed by atoms with Crippen molar-refractivity contribution in [1.82, 2.24) is 0 Å². The Kier molecular flexibility index (Phi) is 13.0. The van der Waals surface area contributed by atoms with Crippen LogP contribution in [-0.4, -0.2) is 156 Å². The molecule has 6 rings (SSSR count). The molecule has 0 amide bonds. The van der Waals surface area contributed by atoms with Crippen molar-refractivity contribution in [1.29, 1.82) is 0 Å². The Labute approximate surface area is 335 Å². The van der Waals surface area contributed by atoms with Gasteiger partial charge >= 0.3 is 0 Å². The first-order valence-electron chi connectivity index (χ1n) is 20.8. The number of carbonyl (C=O) groups excluding carboxylic acids is 1. The molecule has 0 aromatic carbocycles. The third-order valence-electron chi connectivity index (χ3n) is 15.9. The summed E-state index contributed by atoms with van der Waals surface area (Å²) in [6.07, 6.45) is -9.80. The van der Waals surface area contributed by atoms with E-state index in [9.17, 15) is 55.9 Å². The number of aliphatic hydroxyl groups is 10. The van der Waals surface area contributed by atoms with Crippen LogP contribution in [-0.2, 0) is 23.7 Å². The van der Waals surface area contributed by atoms with Crippen LogP contribution in [0.4, 0.5) is 0 Å². The summed E-state index contributed by atoms with van der Waals surface area (Å²) >= 11 is 0. The number of carbonyl (C=O) groups is 1. The van der Waals surface area contributed by atoms with Gasteiger partial charge in [-0.05, 0) is 81.0 Å². The Bertz CT molecular complexity index is 1500. The van der Waals surface area contributed by atoms with Gasteiger partial charge in [-0.3, -0.25) is 0 Å². The molecule has 0 radical (unpaired) electrons. The predicted molar refractivity (Wildman–Crippen MR) is 203 cm³/mol. The minimum absolute atomic E-state index is 0.0645. The SMILES string of the molecule is CC(C)=C[C@H](O[C@@H]1O[C@H](CO)[C@@H](O)[C@@H](O)[C@H]1O)[C@@H](O)[C@@H](C)[C@H]1CC[C@@]2(C)C3[C@@H](O)C=C4C(CC[C@H](O[C@@H]5O[C@H](CO)[C@@H](O)[C@H](O)[C@H]5O)C4(C)C)[C@]3(C=O)CC[C@]12C. The lowest BCUT2D eigenvalue weighted by Crippen LogP contribution is -2.65. The van der Waals surface area contributed by atoms with Crippen LogP contribution in [0.15, 0.2) is 23.3 Å². The molecule has 0 bridgehead atoms. The molecule has 15 nitrogen and oxygen atoms in total. The highest BCUT2D eigenvalue weighted by atomic mass is 16.7. The maximum atomic E-state index is 13.7. The van der Waals surface area contributed by atoms with Gasteiger partial charge in [-0.25, -0.2) is 0 Å². The number of aliphatic hydroxyl groups excluding tert-OH is 10. The van der Waals surface area contributed by atoms with Crippen molar-refractivity contribution in [2.45, 2.75) is 173 Å². The Morgan fingerprint density at radius 2 is 1.39 bits per heavy atom. The molecule has 4 aliphatic carbocycles. The molecule has 3 saturated carbocycles. The summed E-state index contributed by atoms with van der Waals surface area (Å²) in [5.74, 6) is -1.07. The molecule has 5 fully saturated rings. The quantitative estimate of drug-likeness (QED) is 0.0979. The number of hydrogen-bond acceptors (Lipinski definition) is 15. The van der Waals surface area contributed by atoms with Crippen molar-refractivity contribution < 1.29 is 74.8 Å². The maximum absolute atomic E-state index is 13.7. The van der Waals surface area contributed by atoms with Gasteiger partial charge in [0.2, 0.25) is 0 Å². The van der Waals surface area contributed by atoms with Gasteiger partial charge in [-0.1, -0.05) is 57.9 Å². The smallest absolute Gasteiger partial charge is 0.187 e. The molecular weight excluding hydrogens is 744 g/mol. The van der Waals surface area contributed by atoms with Gasteiger partial charge in [0.15, 0.2) is 12.6 Å². The maximum Gasteiger partial charge on any atom is 0.187 e. The second kappa shape index (κ2) is 16.5. The molecular formula is C42H68O15. The fourth-order valence-electron chi connectivity index (χ4n) is 12.5. The number of aldehydes is 1. The van der Waals surface area contributed by atoms with Crippen molar-refractivity contribution in [3.05, 3.63) is 23.3 Å². The molecule has 326 valence electrons. The molecule has 0 aromatic heterocycles. The van der Waals surface area contributed by atoms with E-state index in [4.69, 9.17) is 18.9 Å². The van der Waals surface area contributed by atoms with Gasteiger partial charge in [-0.2, -0.15) is 0 Å². The van der Waals surface area contributed by atoms with E-state index >= 15 is 0 Å². The van der Waals surface area contributed by atoms with E-state index in [2.05, 4.69) is 13.8 Å². The van der Waals surface area contributed by atoms with Gasteiger partial charge in [0.05, 0.1) is 31.5 Å². The first kappa shape index (κ1) is 45.1. The largest absolute Gasteiger partial charge is 0.394 e. The van der Waals surface area contributed by atoms with Gasteiger partial charge in [-0.15, -0.1) is 0 Å². The van der Waals surface area contributed by atoms with Crippen LogP contribution in [0.1, 0.15) is 87.0 Å². The Balaban J connectivity index is 1.25. The summed E-state index contributed by atoms with van der Waals surface area (Å²) in [4.78, 5) is 13.7. The van der Waals surface area contributed by atoms with Gasteiger partial charge in [0.25, 0.3) is 0 Å². The number of allylic oxidation sites excluding steroid dienone is 1. The van der Waals surface area contributed by atoms with Crippen molar-refractivity contribution in [3.8, 4) is 0 Å². The molecule has 2 heterocycles. The Morgan fingerprint density at radius 3 is 1.95 bits per heavy atom. The minimum Gasteiger partial charge on any atom is -0.394 e. The van der Waals surface area contributed by atoms with Crippen LogP contribution >= 0.6 is 0 Å². The second-order valence-corrected chi connectivity index (χ2v) is 19.4. The van der Waals surface area contributed by atoms with Crippen molar-refractivity contribution >= 4 is 6.29 Å². The van der Waals surface area contributed by atoms with Gasteiger partial charge in [0, 0.05) is 16.7 Å². The molecule has 2 saturated heterocycles. The molecule has 2 aliphatic heterocycles.